The molecular formula is C14H26N2O4. The first-order valence-electron chi connectivity index (χ1n) is 7.23. The van der Waals surface area contributed by atoms with Crippen LogP contribution >= 0.6 is 0 Å². The van der Waals surface area contributed by atoms with Gasteiger partial charge in [-0.05, 0) is 32.1 Å². The molecule has 0 spiro atoms. The lowest BCUT2D eigenvalue weighted by Gasteiger charge is -2.39. The van der Waals surface area contributed by atoms with Crippen molar-refractivity contribution in [1.82, 2.24) is 4.90 Å². The summed E-state index contributed by atoms with van der Waals surface area (Å²) in [6.45, 7) is 3.45. The highest BCUT2D eigenvalue weighted by Crippen LogP contribution is 2.35. The van der Waals surface area contributed by atoms with Crippen LogP contribution in [0.2, 0.25) is 0 Å². The van der Waals surface area contributed by atoms with Gasteiger partial charge in [0.2, 0.25) is 5.91 Å². The first kappa shape index (κ1) is 16.9. The molecule has 1 fully saturated rings. The number of carbonyl (C=O) groups excluding carboxylic acids is 1. The molecule has 0 aromatic rings. The summed E-state index contributed by atoms with van der Waals surface area (Å²) in [6.07, 6.45) is 2.97. The lowest BCUT2D eigenvalue weighted by atomic mass is 9.76. The maximum Gasteiger partial charge on any atom is 0.309 e. The topological polar surface area (TPSA) is 92.9 Å². The number of hydrogen-bond acceptors (Lipinski definition) is 4. The largest absolute Gasteiger partial charge is 0.481 e. The van der Waals surface area contributed by atoms with E-state index < -0.39 is 17.4 Å². The molecule has 0 aromatic heterocycles. The minimum absolute atomic E-state index is 0.0730. The van der Waals surface area contributed by atoms with Crippen molar-refractivity contribution in [1.29, 1.82) is 0 Å². The second kappa shape index (κ2) is 7.59. The van der Waals surface area contributed by atoms with Crippen molar-refractivity contribution in [3.63, 3.8) is 0 Å². The summed E-state index contributed by atoms with van der Waals surface area (Å²) < 4.78 is 4.94. The molecule has 1 atom stereocenters. The second-order valence-corrected chi connectivity index (χ2v) is 5.51. The molecule has 20 heavy (non-hydrogen) atoms. The zero-order valence-electron chi connectivity index (χ0n) is 12.4. The van der Waals surface area contributed by atoms with Crippen LogP contribution in [0.15, 0.2) is 0 Å². The molecule has 116 valence electrons. The molecule has 1 unspecified atom stereocenters. The quantitative estimate of drug-likeness (QED) is 0.677. The van der Waals surface area contributed by atoms with Gasteiger partial charge in [-0.3, -0.25) is 9.59 Å². The lowest BCUT2D eigenvalue weighted by molar-refractivity contribution is -0.154. The molecule has 6 nitrogen and oxygen atoms in total. The molecule has 1 aliphatic heterocycles. The van der Waals surface area contributed by atoms with Crippen LogP contribution in [0.5, 0.6) is 0 Å². The smallest absolute Gasteiger partial charge is 0.309 e. The predicted molar refractivity (Wildman–Crippen MR) is 75.3 cm³/mol. The monoisotopic (exact) mass is 286 g/mol. The van der Waals surface area contributed by atoms with Gasteiger partial charge < -0.3 is 20.5 Å². The number of nitrogens with zero attached hydrogens (tertiary/aromatic N) is 1. The molecule has 1 saturated heterocycles. The summed E-state index contributed by atoms with van der Waals surface area (Å²) in [5.41, 5.74) is 5.22. The summed E-state index contributed by atoms with van der Waals surface area (Å²) in [5.74, 6) is -0.826. The van der Waals surface area contributed by atoms with E-state index in [1.165, 1.54) is 0 Å². The Bertz CT molecular complexity index is 338. The number of likely N-dealkylation sites (tertiary alicyclic amines) is 1. The van der Waals surface area contributed by atoms with Crippen molar-refractivity contribution in [2.75, 3.05) is 26.8 Å². The van der Waals surface area contributed by atoms with Crippen LogP contribution in [0, 0.1) is 5.41 Å². The number of carboxylic acid groups (broad SMARTS) is 1. The van der Waals surface area contributed by atoms with E-state index in [1.807, 2.05) is 6.92 Å². The molecule has 0 aliphatic carbocycles. The number of amides is 1. The van der Waals surface area contributed by atoms with Gasteiger partial charge in [0.25, 0.3) is 0 Å². The van der Waals surface area contributed by atoms with Crippen LogP contribution in [-0.2, 0) is 14.3 Å². The highest BCUT2D eigenvalue weighted by molar-refractivity contribution is 5.82. The van der Waals surface area contributed by atoms with Gasteiger partial charge in [-0.15, -0.1) is 0 Å². The van der Waals surface area contributed by atoms with Gasteiger partial charge in [-0.25, -0.2) is 0 Å². The Balaban J connectivity index is 2.48. The minimum atomic E-state index is -0.753. The fraction of sp³-hybridized carbons (Fsp3) is 0.857. The molecule has 6 heteroatoms. The molecule has 0 radical (unpaired) electrons. The van der Waals surface area contributed by atoms with Crippen LogP contribution in [0.1, 0.15) is 39.0 Å². The zero-order valence-corrected chi connectivity index (χ0v) is 12.4. The molecule has 1 amide bonds. The van der Waals surface area contributed by atoms with Gasteiger partial charge in [0, 0.05) is 26.8 Å². The highest BCUT2D eigenvalue weighted by Gasteiger charge is 2.41. The number of carbonyl (C=O) groups is 2. The minimum Gasteiger partial charge on any atom is -0.481 e. The van der Waals surface area contributed by atoms with Crippen molar-refractivity contribution in [3.8, 4) is 0 Å². The standard InChI is InChI=1S/C14H26N2O4/c1-3-14(13(18)19)6-8-16(9-7-14)12(17)11(15)5-4-10-20-2/h11H,3-10,15H2,1-2H3,(H,18,19). The third-order valence-electron chi connectivity index (χ3n) is 4.34. The van der Waals surface area contributed by atoms with E-state index in [0.717, 1.165) is 6.42 Å². The first-order chi connectivity index (χ1) is 9.46. The molecule has 1 aliphatic rings. The fourth-order valence-electron chi connectivity index (χ4n) is 2.68. The Morgan fingerprint density at radius 1 is 1.40 bits per heavy atom. The normalized spacial score (nSPS) is 19.6. The van der Waals surface area contributed by atoms with E-state index in [1.54, 1.807) is 12.0 Å². The molecule has 0 saturated carbocycles. The van der Waals surface area contributed by atoms with Crippen molar-refractivity contribution in [2.24, 2.45) is 11.1 Å². The predicted octanol–water partition coefficient (Wildman–Crippen LogP) is 0.844. The van der Waals surface area contributed by atoms with Gasteiger partial charge in [-0.2, -0.15) is 0 Å². The van der Waals surface area contributed by atoms with E-state index in [4.69, 9.17) is 10.5 Å². The first-order valence-corrected chi connectivity index (χ1v) is 7.23. The molecule has 1 rings (SSSR count). The third-order valence-corrected chi connectivity index (χ3v) is 4.34. The SMILES string of the molecule is CCC1(C(=O)O)CCN(C(=O)C(N)CCCOC)CC1. The molecule has 0 aromatic carbocycles. The Morgan fingerprint density at radius 2 is 2.00 bits per heavy atom. The van der Waals surface area contributed by atoms with Crippen LogP contribution in [-0.4, -0.2) is 54.7 Å². The zero-order chi connectivity index (χ0) is 15.2. The maximum absolute atomic E-state index is 12.2. The number of ether oxygens (including phenoxy) is 1. The van der Waals surface area contributed by atoms with E-state index in [0.29, 0.717) is 45.4 Å². The van der Waals surface area contributed by atoms with Crippen LogP contribution in [0.4, 0.5) is 0 Å². The highest BCUT2D eigenvalue weighted by atomic mass is 16.5. The lowest BCUT2D eigenvalue weighted by Crippen LogP contribution is -2.51. The van der Waals surface area contributed by atoms with Crippen molar-refractivity contribution >= 4 is 11.9 Å². The third kappa shape index (κ3) is 3.93. The average Bonchev–Trinajstić information content (AvgIpc) is 2.46. The van der Waals surface area contributed by atoms with Crippen molar-refractivity contribution in [2.45, 2.75) is 45.1 Å². The van der Waals surface area contributed by atoms with Gasteiger partial charge in [0.05, 0.1) is 11.5 Å². The van der Waals surface area contributed by atoms with Crippen LogP contribution < -0.4 is 5.73 Å². The number of nitrogens with two attached hydrogens (primary N) is 1. The van der Waals surface area contributed by atoms with Crippen LogP contribution in [0.3, 0.4) is 0 Å². The van der Waals surface area contributed by atoms with E-state index in [9.17, 15) is 14.7 Å². The fourth-order valence-corrected chi connectivity index (χ4v) is 2.68. The van der Waals surface area contributed by atoms with Crippen molar-refractivity contribution < 1.29 is 19.4 Å². The van der Waals surface area contributed by atoms with E-state index in [-0.39, 0.29) is 5.91 Å². The number of methoxy groups -OCH3 is 1. The van der Waals surface area contributed by atoms with E-state index >= 15 is 0 Å². The number of hydrogen-bond donors (Lipinski definition) is 2. The van der Waals surface area contributed by atoms with E-state index in [2.05, 4.69) is 0 Å². The Labute approximate surface area is 120 Å². The molecule has 0 bridgehead atoms. The second-order valence-electron chi connectivity index (χ2n) is 5.51. The average molecular weight is 286 g/mol. The molecular weight excluding hydrogens is 260 g/mol. The summed E-state index contributed by atoms with van der Waals surface area (Å²) in [5, 5.41) is 9.32. The summed E-state index contributed by atoms with van der Waals surface area (Å²) in [6, 6.07) is -0.510. The summed E-state index contributed by atoms with van der Waals surface area (Å²) in [7, 11) is 1.62. The summed E-state index contributed by atoms with van der Waals surface area (Å²) >= 11 is 0. The van der Waals surface area contributed by atoms with Gasteiger partial charge in [-0.1, -0.05) is 6.92 Å². The molecule has 3 N–H and O–H groups in total. The Hall–Kier alpha value is -1.14. The van der Waals surface area contributed by atoms with Gasteiger partial charge in [0.1, 0.15) is 0 Å². The van der Waals surface area contributed by atoms with Gasteiger partial charge in [0.15, 0.2) is 0 Å². The van der Waals surface area contributed by atoms with Crippen LogP contribution in [0.25, 0.3) is 0 Å². The van der Waals surface area contributed by atoms with Crippen molar-refractivity contribution in [3.05, 3.63) is 0 Å². The maximum atomic E-state index is 12.2. The Kier molecular flexibility index (Phi) is 6.42. The summed E-state index contributed by atoms with van der Waals surface area (Å²) in [4.78, 5) is 25.2. The number of carboxylic acids is 1. The number of piperidine rings is 1. The molecule has 1 heterocycles. The number of aliphatic carboxylic acids is 1. The van der Waals surface area contributed by atoms with Gasteiger partial charge >= 0.3 is 5.97 Å². The Morgan fingerprint density at radius 3 is 2.45 bits per heavy atom. The number of rotatable bonds is 7.